The largest absolute Gasteiger partial charge is 0.487 e. The number of aryl methyl sites for hydroxylation is 1. The van der Waals surface area contributed by atoms with E-state index in [1.54, 1.807) is 11.3 Å². The number of thiazole rings is 1. The van der Waals surface area contributed by atoms with Gasteiger partial charge in [-0.15, -0.1) is 11.3 Å². The summed E-state index contributed by atoms with van der Waals surface area (Å²) in [5.74, 6) is 0.839. The minimum Gasteiger partial charge on any atom is -0.487 e. The normalized spacial score (nSPS) is 21.0. The molecule has 3 rings (SSSR count). The maximum absolute atomic E-state index is 9.87. The second-order valence-electron chi connectivity index (χ2n) is 5.88. The average molecular weight is 334 g/mol. The molecule has 0 amide bonds. The molecule has 124 valence electrons. The standard InChI is InChI=1S/C17H22N2O3S/c1-12-18-14(11-23-12)8-22-15-5-3-13(4-6-15)7-19(2)16-9-21-10-17(16)20/h3-6,11,16-17,20H,7-10H2,1-2H3/t16-,17-/m1/s1. The summed E-state index contributed by atoms with van der Waals surface area (Å²) in [6, 6.07) is 8.13. The molecule has 0 bridgehead atoms. The van der Waals surface area contributed by atoms with Crippen LogP contribution in [0.2, 0.25) is 0 Å². The monoisotopic (exact) mass is 334 g/mol. The van der Waals surface area contributed by atoms with Gasteiger partial charge in [0.2, 0.25) is 0 Å². The number of hydrogen-bond donors (Lipinski definition) is 1. The number of nitrogens with zero attached hydrogens (tertiary/aromatic N) is 2. The third kappa shape index (κ3) is 4.29. The van der Waals surface area contributed by atoms with Crippen molar-refractivity contribution in [2.75, 3.05) is 20.3 Å². The van der Waals surface area contributed by atoms with Gasteiger partial charge in [0.1, 0.15) is 12.4 Å². The fraction of sp³-hybridized carbons (Fsp3) is 0.471. The molecule has 0 radical (unpaired) electrons. The van der Waals surface area contributed by atoms with Crippen molar-refractivity contribution in [3.05, 3.63) is 45.9 Å². The fourth-order valence-corrected chi connectivity index (χ4v) is 3.28. The summed E-state index contributed by atoms with van der Waals surface area (Å²) in [6.07, 6.45) is -0.399. The van der Waals surface area contributed by atoms with Gasteiger partial charge in [-0.2, -0.15) is 0 Å². The molecule has 5 nitrogen and oxygen atoms in total. The molecule has 1 aromatic heterocycles. The Morgan fingerprint density at radius 2 is 2.13 bits per heavy atom. The summed E-state index contributed by atoms with van der Waals surface area (Å²) in [5.41, 5.74) is 2.15. The molecule has 0 unspecified atom stereocenters. The Morgan fingerprint density at radius 1 is 1.35 bits per heavy atom. The minimum atomic E-state index is -0.399. The Hall–Kier alpha value is -1.47. The predicted molar refractivity (Wildman–Crippen MR) is 89.7 cm³/mol. The second kappa shape index (κ2) is 7.40. The zero-order valence-electron chi connectivity index (χ0n) is 13.4. The Kier molecular flexibility index (Phi) is 5.27. The smallest absolute Gasteiger partial charge is 0.131 e. The van der Waals surface area contributed by atoms with Crippen LogP contribution in [0.5, 0.6) is 5.75 Å². The van der Waals surface area contributed by atoms with Gasteiger partial charge in [-0.25, -0.2) is 4.98 Å². The lowest BCUT2D eigenvalue weighted by atomic mass is 10.1. The first kappa shape index (κ1) is 16.4. The first-order valence-corrected chi connectivity index (χ1v) is 8.58. The van der Waals surface area contributed by atoms with Crippen molar-refractivity contribution in [3.63, 3.8) is 0 Å². The van der Waals surface area contributed by atoms with Crippen LogP contribution in [-0.4, -0.2) is 47.4 Å². The van der Waals surface area contributed by atoms with E-state index in [0.717, 1.165) is 23.0 Å². The molecule has 0 saturated carbocycles. The highest BCUT2D eigenvalue weighted by atomic mass is 32.1. The van der Waals surface area contributed by atoms with E-state index in [2.05, 4.69) is 22.0 Å². The van der Waals surface area contributed by atoms with Gasteiger partial charge in [-0.1, -0.05) is 12.1 Å². The van der Waals surface area contributed by atoms with Gasteiger partial charge in [-0.05, 0) is 31.7 Å². The third-order valence-corrected chi connectivity index (χ3v) is 4.82. The van der Waals surface area contributed by atoms with E-state index in [1.807, 2.05) is 31.5 Å². The molecule has 2 aromatic rings. The molecule has 1 N–H and O–H groups in total. The quantitative estimate of drug-likeness (QED) is 0.878. The number of aromatic nitrogens is 1. The first-order valence-electron chi connectivity index (χ1n) is 7.70. The van der Waals surface area contributed by atoms with Gasteiger partial charge >= 0.3 is 0 Å². The molecule has 2 atom stereocenters. The van der Waals surface area contributed by atoms with Crippen molar-refractivity contribution in [2.24, 2.45) is 0 Å². The Balaban J connectivity index is 1.52. The lowest BCUT2D eigenvalue weighted by molar-refractivity contribution is 0.0925. The molecule has 0 spiro atoms. The number of aliphatic hydroxyl groups excluding tert-OH is 1. The minimum absolute atomic E-state index is 0.0684. The second-order valence-corrected chi connectivity index (χ2v) is 6.94. The molecule has 23 heavy (non-hydrogen) atoms. The Morgan fingerprint density at radius 3 is 2.74 bits per heavy atom. The van der Waals surface area contributed by atoms with E-state index >= 15 is 0 Å². The van der Waals surface area contributed by atoms with Crippen molar-refractivity contribution in [1.82, 2.24) is 9.88 Å². The van der Waals surface area contributed by atoms with Crippen LogP contribution in [0, 0.1) is 6.92 Å². The number of hydrogen-bond acceptors (Lipinski definition) is 6. The Bertz CT molecular complexity index is 629. The van der Waals surface area contributed by atoms with Crippen molar-refractivity contribution in [1.29, 1.82) is 0 Å². The van der Waals surface area contributed by atoms with Crippen molar-refractivity contribution < 1.29 is 14.6 Å². The van der Waals surface area contributed by atoms with E-state index < -0.39 is 6.10 Å². The van der Waals surface area contributed by atoms with Gasteiger partial charge in [0, 0.05) is 11.9 Å². The summed E-state index contributed by atoms with van der Waals surface area (Å²) in [6.45, 7) is 4.28. The van der Waals surface area contributed by atoms with Crippen LogP contribution in [0.1, 0.15) is 16.3 Å². The first-order chi connectivity index (χ1) is 11.1. The van der Waals surface area contributed by atoms with Gasteiger partial charge in [0.15, 0.2) is 0 Å². The van der Waals surface area contributed by atoms with Crippen LogP contribution in [0.4, 0.5) is 0 Å². The van der Waals surface area contributed by atoms with Gasteiger partial charge in [-0.3, -0.25) is 4.90 Å². The number of ether oxygens (including phenoxy) is 2. The molecule has 1 aliphatic rings. The summed E-state index contributed by atoms with van der Waals surface area (Å²) in [4.78, 5) is 6.52. The molecular weight excluding hydrogens is 312 g/mol. The van der Waals surface area contributed by atoms with E-state index in [0.29, 0.717) is 19.8 Å². The summed E-state index contributed by atoms with van der Waals surface area (Å²) in [7, 11) is 2.01. The third-order valence-electron chi connectivity index (χ3n) is 4.00. The zero-order chi connectivity index (χ0) is 16.2. The highest BCUT2D eigenvalue weighted by Crippen LogP contribution is 2.18. The van der Waals surface area contributed by atoms with Crippen LogP contribution in [-0.2, 0) is 17.9 Å². The van der Waals surface area contributed by atoms with Crippen LogP contribution >= 0.6 is 11.3 Å². The number of rotatable bonds is 6. The Labute approximate surface area is 140 Å². The number of aliphatic hydroxyl groups is 1. The van der Waals surface area contributed by atoms with Gasteiger partial charge in [0.05, 0.1) is 36.1 Å². The van der Waals surface area contributed by atoms with Crippen molar-refractivity contribution in [2.45, 2.75) is 32.2 Å². The molecule has 1 saturated heterocycles. The topological polar surface area (TPSA) is 54.8 Å². The van der Waals surface area contributed by atoms with Crippen molar-refractivity contribution in [3.8, 4) is 5.75 Å². The lowest BCUT2D eigenvalue weighted by Crippen LogP contribution is -2.39. The highest BCUT2D eigenvalue weighted by molar-refractivity contribution is 7.09. The molecule has 2 heterocycles. The molecule has 0 aliphatic carbocycles. The van der Waals surface area contributed by atoms with Gasteiger partial charge < -0.3 is 14.6 Å². The van der Waals surface area contributed by atoms with Gasteiger partial charge in [0.25, 0.3) is 0 Å². The molecule has 1 aromatic carbocycles. The van der Waals surface area contributed by atoms with E-state index in [4.69, 9.17) is 9.47 Å². The fourth-order valence-electron chi connectivity index (χ4n) is 2.68. The van der Waals surface area contributed by atoms with E-state index in [9.17, 15) is 5.11 Å². The number of likely N-dealkylation sites (N-methyl/N-ethyl adjacent to an activating group) is 1. The molecule has 6 heteroatoms. The lowest BCUT2D eigenvalue weighted by Gasteiger charge is -2.25. The SMILES string of the molecule is Cc1nc(COc2ccc(CN(C)[C@@H]3COC[C@H]3O)cc2)cs1. The highest BCUT2D eigenvalue weighted by Gasteiger charge is 2.29. The molecular formula is C17H22N2O3S. The van der Waals surface area contributed by atoms with Crippen LogP contribution in [0.25, 0.3) is 0 Å². The van der Waals surface area contributed by atoms with E-state index in [1.165, 1.54) is 5.56 Å². The average Bonchev–Trinajstić information content (AvgIpc) is 3.15. The van der Waals surface area contributed by atoms with Crippen LogP contribution in [0.15, 0.2) is 29.6 Å². The molecule has 1 fully saturated rings. The van der Waals surface area contributed by atoms with E-state index in [-0.39, 0.29) is 6.04 Å². The maximum atomic E-state index is 9.87. The van der Waals surface area contributed by atoms with Crippen LogP contribution in [0.3, 0.4) is 0 Å². The maximum Gasteiger partial charge on any atom is 0.131 e. The summed E-state index contributed by atoms with van der Waals surface area (Å²) < 4.78 is 11.1. The summed E-state index contributed by atoms with van der Waals surface area (Å²) in [5, 5.41) is 12.9. The number of benzene rings is 1. The summed E-state index contributed by atoms with van der Waals surface area (Å²) >= 11 is 1.63. The van der Waals surface area contributed by atoms with Crippen LogP contribution < -0.4 is 4.74 Å². The predicted octanol–water partition coefficient (Wildman–Crippen LogP) is 2.22. The molecule has 1 aliphatic heterocycles. The van der Waals surface area contributed by atoms with Crippen molar-refractivity contribution >= 4 is 11.3 Å². The zero-order valence-corrected chi connectivity index (χ0v) is 14.3.